The second-order valence-electron chi connectivity index (χ2n) is 5.91. The van der Waals surface area contributed by atoms with E-state index in [1.165, 1.54) is 18.7 Å². The lowest BCUT2D eigenvalue weighted by atomic mass is 10.1. The quantitative estimate of drug-likeness (QED) is 0.505. The number of rotatable bonds is 4. The van der Waals surface area contributed by atoms with E-state index in [0.29, 0.717) is 21.1 Å². The van der Waals surface area contributed by atoms with Crippen LogP contribution in [0.2, 0.25) is 5.02 Å². The first kappa shape index (κ1) is 17.7. The van der Waals surface area contributed by atoms with E-state index >= 15 is 0 Å². The first-order valence-electron chi connectivity index (χ1n) is 7.79. The molecule has 1 heterocycles. The van der Waals surface area contributed by atoms with Crippen LogP contribution in [0.15, 0.2) is 46.3 Å². The highest BCUT2D eigenvalue weighted by atomic mass is 35.5. The molecule has 0 atom stereocenters. The predicted octanol–water partition coefficient (Wildman–Crippen LogP) is 4.34. The van der Waals surface area contributed by atoms with Crippen molar-refractivity contribution < 1.29 is 4.79 Å². The number of carbonyl (C=O) groups is 1. The number of Topliss-reactive ketones (excluding diaryl/α,β-unsaturated/α-hetero) is 1. The third-order valence-corrected chi connectivity index (χ3v) is 5.34. The molecule has 0 saturated carbocycles. The smallest absolute Gasteiger partial charge is 0.266 e. The van der Waals surface area contributed by atoms with Crippen molar-refractivity contribution in [3.63, 3.8) is 0 Å². The first-order valence-corrected chi connectivity index (χ1v) is 9.16. The lowest BCUT2D eigenvalue weighted by molar-refractivity contribution is -0.114. The number of hydrogen-bond donors (Lipinski definition) is 0. The number of carbonyl (C=O) groups excluding carboxylic acids is 1. The van der Waals surface area contributed by atoms with Gasteiger partial charge in [-0.2, -0.15) is 0 Å². The summed E-state index contributed by atoms with van der Waals surface area (Å²) in [5, 5.41) is 1.51. The van der Waals surface area contributed by atoms with E-state index in [-0.39, 0.29) is 17.1 Å². The molecule has 6 heteroatoms. The molecular formula is C19H17ClN2O2S. The predicted molar refractivity (Wildman–Crippen MR) is 103 cm³/mol. The van der Waals surface area contributed by atoms with Gasteiger partial charge < -0.3 is 0 Å². The van der Waals surface area contributed by atoms with Crippen molar-refractivity contribution in [1.29, 1.82) is 0 Å². The maximum Gasteiger partial charge on any atom is 0.266 e. The molecule has 0 unspecified atom stereocenters. The van der Waals surface area contributed by atoms with Crippen LogP contribution in [0.1, 0.15) is 18.1 Å². The maximum absolute atomic E-state index is 13.2. The van der Waals surface area contributed by atoms with Crippen LogP contribution in [0.3, 0.4) is 0 Å². The van der Waals surface area contributed by atoms with E-state index in [2.05, 4.69) is 4.98 Å². The molecule has 3 rings (SSSR count). The van der Waals surface area contributed by atoms with Gasteiger partial charge in [0.15, 0.2) is 5.16 Å². The fourth-order valence-electron chi connectivity index (χ4n) is 2.59. The summed E-state index contributed by atoms with van der Waals surface area (Å²) in [6.07, 6.45) is 0. The number of nitrogens with zero attached hydrogens (tertiary/aromatic N) is 2. The highest BCUT2D eigenvalue weighted by molar-refractivity contribution is 7.99. The number of hydrogen-bond acceptors (Lipinski definition) is 4. The highest BCUT2D eigenvalue weighted by Crippen LogP contribution is 2.25. The Balaban J connectivity index is 2.34. The summed E-state index contributed by atoms with van der Waals surface area (Å²) in [5.74, 6) is 0.279. The molecule has 0 spiro atoms. The van der Waals surface area contributed by atoms with Gasteiger partial charge in [0.05, 0.1) is 22.3 Å². The van der Waals surface area contributed by atoms with Crippen LogP contribution in [0, 0.1) is 13.8 Å². The molecule has 25 heavy (non-hydrogen) atoms. The highest BCUT2D eigenvalue weighted by Gasteiger charge is 2.16. The summed E-state index contributed by atoms with van der Waals surface area (Å²) in [7, 11) is 0. The summed E-state index contributed by atoms with van der Waals surface area (Å²) in [4.78, 5) is 29.2. The molecule has 4 nitrogen and oxygen atoms in total. The summed E-state index contributed by atoms with van der Waals surface area (Å²) in [6.45, 7) is 5.49. The molecule has 3 aromatic rings. The van der Waals surface area contributed by atoms with Gasteiger partial charge >= 0.3 is 0 Å². The Bertz CT molecular complexity index is 1040. The van der Waals surface area contributed by atoms with Gasteiger partial charge in [0.2, 0.25) is 0 Å². The number of thioether (sulfide) groups is 1. The van der Waals surface area contributed by atoms with Gasteiger partial charge in [-0.05, 0) is 56.2 Å². The van der Waals surface area contributed by atoms with Crippen LogP contribution in [0.25, 0.3) is 16.6 Å². The lowest BCUT2D eigenvalue weighted by Crippen LogP contribution is -2.23. The van der Waals surface area contributed by atoms with Gasteiger partial charge in [0.25, 0.3) is 5.56 Å². The average molecular weight is 373 g/mol. The van der Waals surface area contributed by atoms with Crippen LogP contribution in [0.5, 0.6) is 0 Å². The average Bonchev–Trinajstić information content (AvgIpc) is 2.56. The van der Waals surface area contributed by atoms with Crippen molar-refractivity contribution in [2.45, 2.75) is 25.9 Å². The van der Waals surface area contributed by atoms with Gasteiger partial charge in [-0.15, -0.1) is 0 Å². The summed E-state index contributed by atoms with van der Waals surface area (Å²) in [6, 6.07) is 10.8. The maximum atomic E-state index is 13.2. The van der Waals surface area contributed by atoms with Crippen molar-refractivity contribution in [2.24, 2.45) is 0 Å². The molecule has 0 N–H and O–H groups in total. The van der Waals surface area contributed by atoms with Gasteiger partial charge in [-0.25, -0.2) is 4.98 Å². The van der Waals surface area contributed by atoms with Crippen molar-refractivity contribution in [3.05, 3.63) is 62.9 Å². The number of fused-ring (bicyclic) bond motifs is 1. The van der Waals surface area contributed by atoms with Gasteiger partial charge in [-0.1, -0.05) is 35.5 Å². The first-order chi connectivity index (χ1) is 11.9. The van der Waals surface area contributed by atoms with E-state index < -0.39 is 0 Å². The molecule has 0 saturated heterocycles. The zero-order valence-electron chi connectivity index (χ0n) is 14.2. The molecule has 0 fully saturated rings. The molecule has 0 radical (unpaired) electrons. The van der Waals surface area contributed by atoms with Gasteiger partial charge in [0.1, 0.15) is 5.78 Å². The molecule has 2 aromatic carbocycles. The van der Waals surface area contributed by atoms with Crippen LogP contribution in [-0.4, -0.2) is 21.1 Å². The monoisotopic (exact) mass is 372 g/mol. The standard InChI is InChI=1S/C19H17ClN2O2S/c1-11-5-4-6-17(13(11)3)22-18(24)15-8-7-14(20)9-16(15)21-19(22)25-10-12(2)23/h4-9H,10H2,1-3H3. The molecule has 0 aliphatic heterocycles. The zero-order chi connectivity index (χ0) is 18.1. The van der Waals surface area contributed by atoms with Crippen LogP contribution in [0.4, 0.5) is 0 Å². The molecular weight excluding hydrogens is 356 g/mol. The van der Waals surface area contributed by atoms with E-state index in [0.717, 1.165) is 16.8 Å². The van der Waals surface area contributed by atoms with Crippen molar-refractivity contribution in [2.75, 3.05) is 5.75 Å². The summed E-state index contributed by atoms with van der Waals surface area (Å²) >= 11 is 7.30. The number of aryl methyl sites for hydroxylation is 1. The Morgan fingerprint density at radius 2 is 2.00 bits per heavy atom. The van der Waals surface area contributed by atoms with E-state index in [4.69, 9.17) is 11.6 Å². The molecule has 1 aromatic heterocycles. The molecule has 0 aliphatic carbocycles. The Hall–Kier alpha value is -2.11. The number of benzene rings is 2. The third kappa shape index (κ3) is 3.48. The largest absolute Gasteiger partial charge is 0.299 e. The van der Waals surface area contributed by atoms with Gasteiger partial charge in [0, 0.05) is 5.02 Å². The Morgan fingerprint density at radius 3 is 2.72 bits per heavy atom. The number of halogens is 1. The van der Waals surface area contributed by atoms with E-state index in [1.807, 2.05) is 32.0 Å². The molecule has 0 amide bonds. The summed E-state index contributed by atoms with van der Waals surface area (Å²) < 4.78 is 1.59. The number of aromatic nitrogens is 2. The van der Waals surface area contributed by atoms with Gasteiger partial charge in [-0.3, -0.25) is 14.2 Å². The number of ketones is 1. The van der Waals surface area contributed by atoms with Crippen LogP contribution in [-0.2, 0) is 4.79 Å². The Morgan fingerprint density at radius 1 is 1.24 bits per heavy atom. The van der Waals surface area contributed by atoms with Crippen molar-refractivity contribution >= 4 is 40.0 Å². The molecule has 128 valence electrons. The topological polar surface area (TPSA) is 52.0 Å². The zero-order valence-corrected chi connectivity index (χ0v) is 15.7. The Kier molecular flexibility index (Phi) is 4.97. The second kappa shape index (κ2) is 7.02. The van der Waals surface area contributed by atoms with E-state index in [9.17, 15) is 9.59 Å². The summed E-state index contributed by atoms with van der Waals surface area (Å²) in [5.41, 5.74) is 3.24. The van der Waals surface area contributed by atoms with E-state index in [1.54, 1.807) is 22.8 Å². The lowest BCUT2D eigenvalue weighted by Gasteiger charge is -2.16. The normalized spacial score (nSPS) is 11.0. The molecule has 0 bridgehead atoms. The minimum absolute atomic E-state index is 0.0259. The SMILES string of the molecule is CC(=O)CSc1nc2cc(Cl)ccc2c(=O)n1-c1cccc(C)c1C. The van der Waals surface area contributed by atoms with Crippen LogP contribution >= 0.6 is 23.4 Å². The minimum atomic E-state index is -0.165. The minimum Gasteiger partial charge on any atom is -0.299 e. The fraction of sp³-hybridized carbons (Fsp3) is 0.211. The van der Waals surface area contributed by atoms with Crippen LogP contribution < -0.4 is 5.56 Å². The Labute approximate surface area is 154 Å². The van der Waals surface area contributed by atoms with Crippen molar-refractivity contribution in [1.82, 2.24) is 9.55 Å². The third-order valence-electron chi connectivity index (χ3n) is 4.02. The van der Waals surface area contributed by atoms with Crippen molar-refractivity contribution in [3.8, 4) is 5.69 Å². The fourth-order valence-corrected chi connectivity index (χ4v) is 3.56. The molecule has 0 aliphatic rings. The second-order valence-corrected chi connectivity index (χ2v) is 7.29.